The van der Waals surface area contributed by atoms with E-state index < -0.39 is 0 Å². The first-order chi connectivity index (χ1) is 12.9. The van der Waals surface area contributed by atoms with Crippen molar-refractivity contribution in [1.82, 2.24) is 9.55 Å². The van der Waals surface area contributed by atoms with Crippen molar-refractivity contribution in [2.45, 2.75) is 68.7 Å². The molecule has 3 aromatic rings. The quantitative estimate of drug-likeness (QED) is 0.428. The van der Waals surface area contributed by atoms with Gasteiger partial charge in [0.05, 0.1) is 6.33 Å². The fourth-order valence-corrected chi connectivity index (χ4v) is 4.57. The Kier molecular flexibility index (Phi) is 6.43. The van der Waals surface area contributed by atoms with Crippen LogP contribution in [0.1, 0.15) is 50.3 Å². The number of hydrogen-bond donors (Lipinski definition) is 0. The molecule has 0 spiro atoms. The molecule has 27 heavy (non-hydrogen) atoms. The Morgan fingerprint density at radius 1 is 1.00 bits per heavy atom. The second-order valence-corrected chi connectivity index (χ2v) is 9.29. The van der Waals surface area contributed by atoms with Crippen LogP contribution < -0.4 is 0 Å². The summed E-state index contributed by atoms with van der Waals surface area (Å²) in [5, 5.41) is 0. The van der Waals surface area contributed by atoms with E-state index in [1.54, 1.807) is 0 Å². The zero-order chi connectivity index (χ0) is 19.3. The van der Waals surface area contributed by atoms with E-state index in [1.165, 1.54) is 39.3 Å². The van der Waals surface area contributed by atoms with E-state index in [4.69, 9.17) is 0 Å². The average Bonchev–Trinajstić information content (AvgIpc) is 3.13. The van der Waals surface area contributed by atoms with Gasteiger partial charge in [0.2, 0.25) is 0 Å². The minimum Gasteiger partial charge on any atom is -0.337 e. The van der Waals surface area contributed by atoms with Gasteiger partial charge in [-0.1, -0.05) is 62.9 Å². The monoisotopic (exact) mass is 378 g/mol. The van der Waals surface area contributed by atoms with Crippen LogP contribution in [0.5, 0.6) is 0 Å². The van der Waals surface area contributed by atoms with E-state index in [1.807, 2.05) is 30.5 Å². The molecule has 0 aliphatic rings. The molecule has 1 aromatic heterocycles. The molecule has 0 saturated heterocycles. The molecule has 3 rings (SSSR count). The third-order valence-corrected chi connectivity index (χ3v) is 6.09. The highest BCUT2D eigenvalue weighted by Crippen LogP contribution is 2.38. The molecule has 0 fully saturated rings. The summed E-state index contributed by atoms with van der Waals surface area (Å²) in [5.74, 6) is 0. The van der Waals surface area contributed by atoms with Crippen molar-refractivity contribution >= 4 is 11.8 Å². The number of hydrogen-bond acceptors (Lipinski definition) is 2. The second-order valence-electron chi connectivity index (χ2n) is 8.21. The largest absolute Gasteiger partial charge is 0.337 e. The van der Waals surface area contributed by atoms with Crippen LogP contribution in [0.25, 0.3) is 0 Å². The van der Waals surface area contributed by atoms with Crippen molar-refractivity contribution in [3.05, 3.63) is 77.9 Å². The van der Waals surface area contributed by atoms with Crippen LogP contribution in [-0.2, 0) is 18.4 Å². The van der Waals surface area contributed by atoms with E-state index in [0.29, 0.717) is 0 Å². The molecule has 2 nitrogen and oxygen atoms in total. The summed E-state index contributed by atoms with van der Waals surface area (Å²) in [6.07, 6.45) is 9.28. The third kappa shape index (κ3) is 5.49. The highest BCUT2D eigenvalue weighted by Gasteiger charge is 2.19. The summed E-state index contributed by atoms with van der Waals surface area (Å²) in [5.41, 5.74) is 4.35. The van der Waals surface area contributed by atoms with Gasteiger partial charge in [-0.2, -0.15) is 0 Å². The Balaban J connectivity index is 1.73. The maximum absolute atomic E-state index is 4.11. The number of aromatic nitrogens is 2. The molecule has 3 heteroatoms. The minimum atomic E-state index is 0.144. The van der Waals surface area contributed by atoms with Crippen molar-refractivity contribution in [3.63, 3.8) is 0 Å². The van der Waals surface area contributed by atoms with Crippen LogP contribution in [-0.4, -0.2) is 9.55 Å². The number of benzene rings is 2. The maximum atomic E-state index is 4.11. The molecule has 0 bridgehead atoms. The Morgan fingerprint density at radius 2 is 1.81 bits per heavy atom. The van der Waals surface area contributed by atoms with E-state index >= 15 is 0 Å². The topological polar surface area (TPSA) is 17.8 Å². The molecule has 0 unspecified atom stereocenters. The Hall–Kier alpha value is -2.00. The fraction of sp³-hybridized carbons (Fsp3) is 0.375. The number of unbranched alkanes of at least 4 members (excludes halogenated alkanes) is 1. The van der Waals surface area contributed by atoms with E-state index in [0.717, 1.165) is 13.0 Å². The molecular weight excluding hydrogens is 348 g/mol. The molecule has 0 saturated carbocycles. The molecule has 0 aliphatic carbocycles. The summed E-state index contributed by atoms with van der Waals surface area (Å²) in [6, 6.07) is 15.7. The van der Waals surface area contributed by atoms with Crippen molar-refractivity contribution in [3.8, 4) is 0 Å². The predicted octanol–water partition coefficient (Wildman–Crippen LogP) is 6.66. The van der Waals surface area contributed by atoms with Crippen LogP contribution in [0.3, 0.4) is 0 Å². The second kappa shape index (κ2) is 8.79. The molecular formula is C24H30N2S. The zero-order valence-corrected chi connectivity index (χ0v) is 17.7. The van der Waals surface area contributed by atoms with Crippen LogP contribution in [0.15, 0.2) is 71.0 Å². The first-order valence-electron chi connectivity index (χ1n) is 9.76. The van der Waals surface area contributed by atoms with Gasteiger partial charge in [-0.05, 0) is 60.4 Å². The molecule has 2 aromatic carbocycles. The molecule has 0 amide bonds. The van der Waals surface area contributed by atoms with Gasteiger partial charge < -0.3 is 4.57 Å². The lowest BCUT2D eigenvalue weighted by molar-refractivity contribution is 0.576. The molecule has 142 valence electrons. The van der Waals surface area contributed by atoms with Gasteiger partial charge in [0.15, 0.2) is 0 Å². The molecule has 0 aliphatic heterocycles. The van der Waals surface area contributed by atoms with Gasteiger partial charge in [-0.3, -0.25) is 0 Å². The van der Waals surface area contributed by atoms with Gasteiger partial charge in [0.1, 0.15) is 0 Å². The van der Waals surface area contributed by atoms with Crippen LogP contribution in [0.2, 0.25) is 0 Å². The van der Waals surface area contributed by atoms with E-state index in [9.17, 15) is 0 Å². The first kappa shape index (κ1) is 19.8. The zero-order valence-electron chi connectivity index (χ0n) is 16.9. The Morgan fingerprint density at radius 3 is 2.52 bits per heavy atom. The number of imidazole rings is 1. The lowest BCUT2D eigenvalue weighted by Gasteiger charge is -2.23. The van der Waals surface area contributed by atoms with Crippen molar-refractivity contribution in [2.24, 2.45) is 0 Å². The predicted molar refractivity (Wildman–Crippen MR) is 116 cm³/mol. The Labute approximate surface area is 168 Å². The fourth-order valence-electron chi connectivity index (χ4n) is 3.26. The smallest absolute Gasteiger partial charge is 0.0945 e. The van der Waals surface area contributed by atoms with E-state index in [-0.39, 0.29) is 5.41 Å². The summed E-state index contributed by atoms with van der Waals surface area (Å²) < 4.78 is 2.15. The highest BCUT2D eigenvalue weighted by atomic mass is 32.2. The lowest BCUT2D eigenvalue weighted by Crippen LogP contribution is -2.12. The van der Waals surface area contributed by atoms with Crippen LogP contribution in [0, 0.1) is 6.92 Å². The van der Waals surface area contributed by atoms with Gasteiger partial charge in [0, 0.05) is 28.7 Å². The van der Waals surface area contributed by atoms with Gasteiger partial charge >= 0.3 is 0 Å². The first-order valence-corrected chi connectivity index (χ1v) is 10.6. The SMILES string of the molecule is Cc1ccccc1Sc1cc(CCCCn2ccnc2)ccc1C(C)(C)C. The summed E-state index contributed by atoms with van der Waals surface area (Å²) in [6.45, 7) is 10.1. The van der Waals surface area contributed by atoms with Gasteiger partial charge in [-0.15, -0.1) is 0 Å². The van der Waals surface area contributed by atoms with Gasteiger partial charge in [0.25, 0.3) is 0 Å². The van der Waals surface area contributed by atoms with Crippen molar-refractivity contribution in [1.29, 1.82) is 0 Å². The maximum Gasteiger partial charge on any atom is 0.0945 e. The number of aryl methyl sites for hydroxylation is 3. The molecule has 0 atom stereocenters. The third-order valence-electron chi connectivity index (χ3n) is 4.86. The summed E-state index contributed by atoms with van der Waals surface area (Å²) in [4.78, 5) is 6.85. The standard InChI is InChI=1S/C24H30N2S/c1-19-9-5-6-11-22(19)27-23-17-20(12-13-21(23)24(2,3)4)10-7-8-15-26-16-14-25-18-26/h5-6,9,11-14,16-18H,7-8,10,15H2,1-4H3. The Bertz CT molecular complexity index is 860. The summed E-state index contributed by atoms with van der Waals surface area (Å²) >= 11 is 1.91. The lowest BCUT2D eigenvalue weighted by atomic mass is 9.86. The number of nitrogens with zero attached hydrogens (tertiary/aromatic N) is 2. The molecule has 0 N–H and O–H groups in total. The van der Waals surface area contributed by atoms with E-state index in [2.05, 4.69) is 79.7 Å². The van der Waals surface area contributed by atoms with Crippen LogP contribution in [0.4, 0.5) is 0 Å². The summed E-state index contributed by atoms with van der Waals surface area (Å²) in [7, 11) is 0. The average molecular weight is 379 g/mol. The normalized spacial score (nSPS) is 11.7. The van der Waals surface area contributed by atoms with Gasteiger partial charge in [-0.25, -0.2) is 4.98 Å². The highest BCUT2D eigenvalue weighted by molar-refractivity contribution is 7.99. The van der Waals surface area contributed by atoms with Crippen molar-refractivity contribution in [2.75, 3.05) is 0 Å². The molecule has 1 heterocycles. The number of rotatable bonds is 7. The molecule has 0 radical (unpaired) electrons. The minimum absolute atomic E-state index is 0.144. The van der Waals surface area contributed by atoms with Crippen molar-refractivity contribution < 1.29 is 0 Å². The van der Waals surface area contributed by atoms with Crippen LogP contribution >= 0.6 is 11.8 Å².